The van der Waals surface area contributed by atoms with Gasteiger partial charge in [0.15, 0.2) is 5.78 Å². The van der Waals surface area contributed by atoms with Gasteiger partial charge >= 0.3 is 6.36 Å². The quantitative estimate of drug-likeness (QED) is 0.342. The summed E-state index contributed by atoms with van der Waals surface area (Å²) in [5.41, 5.74) is 3.40. The number of imidazole rings is 1. The molecule has 0 radical (unpaired) electrons. The normalized spacial score (nSPS) is 17.6. The van der Waals surface area contributed by atoms with Crippen LogP contribution in [0, 0.1) is 10.8 Å². The zero-order valence-electron chi connectivity index (χ0n) is 21.9. The number of hydrogen-bond acceptors (Lipinski definition) is 5. The molecule has 0 aliphatic heterocycles. The molecule has 0 bridgehead atoms. The molecule has 2 aromatic carbocycles. The van der Waals surface area contributed by atoms with Gasteiger partial charge in [-0.25, -0.2) is 4.98 Å². The molecule has 1 fully saturated rings. The van der Waals surface area contributed by atoms with Gasteiger partial charge in [-0.05, 0) is 72.1 Å². The average molecular weight is 518 g/mol. The van der Waals surface area contributed by atoms with Crippen LogP contribution in [0.2, 0.25) is 0 Å². The molecule has 0 unspecified atom stereocenters. The molecule has 1 aromatic heterocycles. The van der Waals surface area contributed by atoms with E-state index in [1.165, 1.54) is 31.4 Å². The zero-order chi connectivity index (χ0) is 27.0. The fraction of sp³-hybridized carbons (Fsp3) is 0.500. The van der Waals surface area contributed by atoms with Gasteiger partial charge in [0, 0.05) is 25.3 Å². The summed E-state index contributed by atoms with van der Waals surface area (Å²) in [6, 6.07) is 11.6. The van der Waals surface area contributed by atoms with Crippen molar-refractivity contribution in [3.8, 4) is 5.75 Å². The predicted octanol–water partition coefficient (Wildman–Crippen LogP) is 7.21. The van der Waals surface area contributed by atoms with Crippen LogP contribution in [0.4, 0.5) is 24.8 Å². The minimum Gasteiger partial charge on any atom is -0.406 e. The maximum atomic E-state index is 12.6. The topological polar surface area (TPSA) is 65.4 Å². The summed E-state index contributed by atoms with van der Waals surface area (Å²) in [6.45, 7) is 9.19. The monoisotopic (exact) mass is 517 g/mol. The van der Waals surface area contributed by atoms with Gasteiger partial charge in [-0.15, -0.1) is 13.2 Å². The van der Waals surface area contributed by atoms with Gasteiger partial charge in [-0.1, -0.05) is 33.8 Å². The largest absolute Gasteiger partial charge is 0.573 e. The second-order valence-corrected chi connectivity index (χ2v) is 11.5. The molecule has 1 aliphatic carbocycles. The fourth-order valence-corrected chi connectivity index (χ4v) is 5.99. The third kappa shape index (κ3) is 6.83. The Labute approximate surface area is 215 Å². The van der Waals surface area contributed by atoms with E-state index in [1.54, 1.807) is 0 Å². The molecule has 3 aromatic rings. The number of hydrogen-bond donors (Lipinski definition) is 1. The summed E-state index contributed by atoms with van der Waals surface area (Å²) in [7, 11) is 1.50. The van der Waals surface area contributed by atoms with Crippen molar-refractivity contribution in [3.63, 3.8) is 0 Å². The molecule has 1 heterocycles. The van der Waals surface area contributed by atoms with Crippen LogP contribution in [0.15, 0.2) is 42.5 Å². The van der Waals surface area contributed by atoms with Crippen LogP contribution >= 0.6 is 0 Å². The van der Waals surface area contributed by atoms with Gasteiger partial charge in [0.05, 0.1) is 11.0 Å². The molecular formula is C28H34F3N3O3. The van der Waals surface area contributed by atoms with Crippen molar-refractivity contribution < 1.29 is 27.4 Å². The van der Waals surface area contributed by atoms with E-state index in [2.05, 4.69) is 42.3 Å². The standard InChI is InChI=1S/C28H34F3N3O3/c1-26(2)14-20(15-27(3,4)17-26)34-24-11-6-18(12-21(35)16-36-5)13-23(24)33-25(34)32-19-7-9-22(10-8-19)37-28(29,30)31/h6-11,13,20H,12,14-17H2,1-5H3,(H,32,33). The Morgan fingerprint density at radius 3 is 2.32 bits per heavy atom. The van der Waals surface area contributed by atoms with Crippen molar-refractivity contribution in [1.29, 1.82) is 0 Å². The molecule has 0 spiro atoms. The Morgan fingerprint density at radius 1 is 1.08 bits per heavy atom. The highest BCUT2D eigenvalue weighted by atomic mass is 19.4. The van der Waals surface area contributed by atoms with Crippen LogP contribution in [-0.4, -0.2) is 35.4 Å². The summed E-state index contributed by atoms with van der Waals surface area (Å²) in [5.74, 6) is 0.308. The fourth-order valence-electron chi connectivity index (χ4n) is 5.99. The minimum absolute atomic E-state index is 0.0171. The highest BCUT2D eigenvalue weighted by Crippen LogP contribution is 2.51. The predicted molar refractivity (Wildman–Crippen MR) is 137 cm³/mol. The third-order valence-electron chi connectivity index (χ3n) is 6.70. The van der Waals surface area contributed by atoms with Crippen molar-refractivity contribution in [3.05, 3.63) is 48.0 Å². The first-order valence-corrected chi connectivity index (χ1v) is 12.4. The van der Waals surface area contributed by atoms with Crippen molar-refractivity contribution in [2.24, 2.45) is 10.8 Å². The van der Waals surface area contributed by atoms with E-state index in [1.807, 2.05) is 18.2 Å². The van der Waals surface area contributed by atoms with Crippen LogP contribution in [-0.2, 0) is 16.0 Å². The molecular weight excluding hydrogens is 483 g/mol. The Morgan fingerprint density at radius 2 is 1.73 bits per heavy atom. The molecule has 0 atom stereocenters. The molecule has 9 heteroatoms. The van der Waals surface area contributed by atoms with Crippen LogP contribution < -0.4 is 10.1 Å². The van der Waals surface area contributed by atoms with Crippen molar-refractivity contribution in [1.82, 2.24) is 9.55 Å². The number of halogens is 3. The number of fused-ring (bicyclic) bond motifs is 1. The SMILES string of the molecule is COCC(=O)Cc1ccc2c(c1)nc(Nc1ccc(OC(F)(F)F)cc1)n2C1CC(C)(C)CC(C)(C)C1. The van der Waals surface area contributed by atoms with Crippen LogP contribution in [0.1, 0.15) is 58.6 Å². The molecule has 1 N–H and O–H groups in total. The highest BCUT2D eigenvalue weighted by molar-refractivity contribution is 5.85. The van der Waals surface area contributed by atoms with Crippen molar-refractivity contribution in [2.75, 3.05) is 19.0 Å². The van der Waals surface area contributed by atoms with Gasteiger partial charge in [0.2, 0.25) is 5.95 Å². The first kappa shape index (κ1) is 27.0. The number of ether oxygens (including phenoxy) is 2. The number of anilines is 2. The van der Waals surface area contributed by atoms with Gasteiger partial charge in [-0.3, -0.25) is 4.79 Å². The van der Waals surface area contributed by atoms with Crippen LogP contribution in [0.25, 0.3) is 11.0 Å². The molecule has 0 amide bonds. The van der Waals surface area contributed by atoms with Crippen LogP contribution in [0.5, 0.6) is 5.75 Å². The van der Waals surface area contributed by atoms with E-state index in [0.717, 1.165) is 35.9 Å². The smallest absolute Gasteiger partial charge is 0.406 e. The van der Waals surface area contributed by atoms with E-state index >= 15 is 0 Å². The Bertz CT molecular complexity index is 1250. The van der Waals surface area contributed by atoms with E-state index in [4.69, 9.17) is 9.72 Å². The molecule has 1 aliphatic rings. The number of nitrogens with one attached hydrogen (secondary N) is 1. The summed E-state index contributed by atoms with van der Waals surface area (Å²) in [5, 5.41) is 3.31. The van der Waals surface area contributed by atoms with E-state index in [0.29, 0.717) is 11.6 Å². The van der Waals surface area contributed by atoms with Gasteiger partial charge in [0.25, 0.3) is 0 Å². The van der Waals surface area contributed by atoms with Crippen LogP contribution in [0.3, 0.4) is 0 Å². The van der Waals surface area contributed by atoms with Gasteiger partial charge in [0.1, 0.15) is 12.4 Å². The first-order chi connectivity index (χ1) is 17.2. The number of alkyl halides is 3. The Balaban J connectivity index is 1.72. The number of benzene rings is 2. The summed E-state index contributed by atoms with van der Waals surface area (Å²) >= 11 is 0. The average Bonchev–Trinajstić information content (AvgIpc) is 3.09. The Kier molecular flexibility index (Phi) is 7.29. The highest BCUT2D eigenvalue weighted by Gasteiger charge is 2.40. The summed E-state index contributed by atoms with van der Waals surface area (Å²) < 4.78 is 48.9. The lowest BCUT2D eigenvalue weighted by atomic mass is 9.63. The number of rotatable bonds is 8. The third-order valence-corrected chi connectivity index (χ3v) is 6.70. The lowest BCUT2D eigenvalue weighted by Gasteiger charge is -2.45. The first-order valence-electron chi connectivity index (χ1n) is 12.4. The molecule has 200 valence electrons. The van der Waals surface area contributed by atoms with Crippen molar-refractivity contribution >= 4 is 28.5 Å². The molecule has 1 saturated carbocycles. The van der Waals surface area contributed by atoms with E-state index in [-0.39, 0.29) is 41.4 Å². The number of carbonyl (C=O) groups is 1. The zero-order valence-corrected chi connectivity index (χ0v) is 21.9. The molecule has 6 nitrogen and oxygen atoms in total. The number of nitrogens with zero attached hydrogens (tertiary/aromatic N) is 2. The van der Waals surface area contributed by atoms with Crippen molar-refractivity contribution in [2.45, 2.75) is 65.8 Å². The van der Waals surface area contributed by atoms with E-state index < -0.39 is 6.36 Å². The number of Topliss-reactive ketones (excluding diaryl/α,β-unsaturated/α-hetero) is 1. The lowest BCUT2D eigenvalue weighted by molar-refractivity contribution is -0.274. The summed E-state index contributed by atoms with van der Waals surface area (Å²) in [4.78, 5) is 17.0. The summed E-state index contributed by atoms with van der Waals surface area (Å²) in [6.07, 6.45) is -1.46. The number of aromatic nitrogens is 2. The minimum atomic E-state index is -4.74. The van der Waals surface area contributed by atoms with E-state index in [9.17, 15) is 18.0 Å². The lowest BCUT2D eigenvalue weighted by Crippen LogP contribution is -2.35. The molecule has 0 saturated heterocycles. The second kappa shape index (κ2) is 10.0. The number of carbonyl (C=O) groups excluding carboxylic acids is 1. The number of ketones is 1. The maximum absolute atomic E-state index is 12.6. The van der Waals surface area contributed by atoms with Gasteiger partial charge in [-0.2, -0.15) is 0 Å². The Hall–Kier alpha value is -3.07. The number of methoxy groups -OCH3 is 1. The molecule has 37 heavy (non-hydrogen) atoms. The maximum Gasteiger partial charge on any atom is 0.573 e. The molecule has 4 rings (SSSR count). The second-order valence-electron chi connectivity index (χ2n) is 11.5. The van der Waals surface area contributed by atoms with Gasteiger partial charge < -0.3 is 19.4 Å².